The van der Waals surface area contributed by atoms with Gasteiger partial charge in [-0.05, 0) is 32.6 Å². The summed E-state index contributed by atoms with van der Waals surface area (Å²) in [7, 11) is 0. The van der Waals surface area contributed by atoms with Crippen LogP contribution >= 0.6 is 0 Å². The van der Waals surface area contributed by atoms with Crippen LogP contribution in [0, 0.1) is 11.3 Å². The molecule has 0 saturated heterocycles. The molecule has 4 heteroatoms. The molecule has 4 nitrogen and oxygen atoms in total. The van der Waals surface area contributed by atoms with Gasteiger partial charge in [0.05, 0.1) is 24.5 Å². The van der Waals surface area contributed by atoms with Gasteiger partial charge in [-0.15, -0.1) is 0 Å². The summed E-state index contributed by atoms with van der Waals surface area (Å²) in [5, 5.41) is 0. The molecule has 1 saturated carbocycles. The first-order valence-corrected chi connectivity index (χ1v) is 9.40. The summed E-state index contributed by atoms with van der Waals surface area (Å²) in [6, 6.07) is 0. The van der Waals surface area contributed by atoms with Crippen molar-refractivity contribution in [3.63, 3.8) is 0 Å². The monoisotopic (exact) mass is 326 g/mol. The van der Waals surface area contributed by atoms with Crippen LogP contribution in [0.15, 0.2) is 0 Å². The third kappa shape index (κ3) is 6.15. The number of carbonyl (C=O) groups excluding carboxylic acids is 2. The molecule has 2 unspecified atom stereocenters. The molecule has 134 valence electrons. The third-order valence-corrected chi connectivity index (χ3v) is 4.93. The van der Waals surface area contributed by atoms with Crippen LogP contribution in [0.3, 0.4) is 0 Å². The van der Waals surface area contributed by atoms with E-state index >= 15 is 0 Å². The van der Waals surface area contributed by atoms with Crippen molar-refractivity contribution in [2.75, 3.05) is 13.2 Å². The number of rotatable bonds is 10. The van der Waals surface area contributed by atoms with E-state index in [4.69, 9.17) is 9.47 Å². The van der Waals surface area contributed by atoms with E-state index in [0.29, 0.717) is 19.6 Å². The summed E-state index contributed by atoms with van der Waals surface area (Å²) in [6.07, 6.45) is 9.51. The molecule has 0 radical (unpaired) electrons. The summed E-state index contributed by atoms with van der Waals surface area (Å²) in [5.74, 6) is -0.783. The molecule has 0 N–H and O–H groups in total. The van der Waals surface area contributed by atoms with Gasteiger partial charge in [-0.2, -0.15) is 0 Å². The molecule has 1 rings (SSSR count). The van der Waals surface area contributed by atoms with Gasteiger partial charge >= 0.3 is 11.9 Å². The van der Waals surface area contributed by atoms with Crippen LogP contribution in [0.25, 0.3) is 0 Å². The van der Waals surface area contributed by atoms with Crippen LogP contribution < -0.4 is 0 Å². The molecular weight excluding hydrogens is 292 g/mol. The standard InChI is InChI=1S/C19H34O4/c1-4-6-10-14-22-17(20)16-12-8-9-13-19(16,3)18(21)23-15-11-7-5-2/h16H,4-15H2,1-3H3. The predicted molar refractivity (Wildman–Crippen MR) is 91.0 cm³/mol. The number of carbonyl (C=O) groups is 2. The van der Waals surface area contributed by atoms with Gasteiger partial charge in [0.1, 0.15) is 0 Å². The van der Waals surface area contributed by atoms with Crippen molar-refractivity contribution in [2.45, 2.75) is 85.0 Å². The molecule has 0 bridgehead atoms. The normalized spacial score (nSPS) is 24.2. The Hall–Kier alpha value is -1.06. The van der Waals surface area contributed by atoms with E-state index in [9.17, 15) is 9.59 Å². The molecule has 1 aliphatic rings. The largest absolute Gasteiger partial charge is 0.465 e. The molecule has 0 amide bonds. The zero-order chi connectivity index (χ0) is 17.1. The van der Waals surface area contributed by atoms with E-state index in [2.05, 4.69) is 13.8 Å². The van der Waals surface area contributed by atoms with Crippen LogP contribution in [0.2, 0.25) is 0 Å². The minimum atomic E-state index is -0.716. The SMILES string of the molecule is CCCCCOC(=O)C1CCCCC1(C)C(=O)OCCCCC. The highest BCUT2D eigenvalue weighted by molar-refractivity contribution is 5.85. The highest BCUT2D eigenvalue weighted by atomic mass is 16.5. The van der Waals surface area contributed by atoms with Gasteiger partial charge in [0, 0.05) is 0 Å². The van der Waals surface area contributed by atoms with E-state index in [0.717, 1.165) is 57.8 Å². The molecule has 0 aromatic rings. The van der Waals surface area contributed by atoms with Crippen molar-refractivity contribution in [2.24, 2.45) is 11.3 Å². The smallest absolute Gasteiger partial charge is 0.312 e. The molecule has 0 heterocycles. The predicted octanol–water partition coefficient (Wildman–Crippen LogP) is 4.65. The lowest BCUT2D eigenvalue weighted by Crippen LogP contribution is -2.44. The van der Waals surface area contributed by atoms with Crippen LogP contribution in [0.5, 0.6) is 0 Å². The summed E-state index contributed by atoms with van der Waals surface area (Å²) in [5.41, 5.74) is -0.716. The van der Waals surface area contributed by atoms with Gasteiger partial charge in [-0.25, -0.2) is 0 Å². The molecular formula is C19H34O4. The zero-order valence-electron chi connectivity index (χ0n) is 15.2. The topological polar surface area (TPSA) is 52.6 Å². The number of esters is 2. The van der Waals surface area contributed by atoms with Crippen molar-refractivity contribution in [1.82, 2.24) is 0 Å². The maximum atomic E-state index is 12.5. The second-order valence-corrected chi connectivity index (χ2v) is 6.93. The van der Waals surface area contributed by atoms with E-state index in [-0.39, 0.29) is 17.9 Å². The van der Waals surface area contributed by atoms with Crippen LogP contribution in [0.4, 0.5) is 0 Å². The molecule has 1 fully saturated rings. The van der Waals surface area contributed by atoms with Gasteiger partial charge in [0.2, 0.25) is 0 Å². The Morgan fingerprint density at radius 2 is 1.57 bits per heavy atom. The highest BCUT2D eigenvalue weighted by Gasteiger charge is 2.48. The van der Waals surface area contributed by atoms with Crippen molar-refractivity contribution >= 4 is 11.9 Å². The summed E-state index contributed by atoms with van der Waals surface area (Å²) in [4.78, 5) is 25.0. The van der Waals surface area contributed by atoms with Gasteiger partial charge in [-0.1, -0.05) is 52.4 Å². The van der Waals surface area contributed by atoms with Crippen LogP contribution in [-0.2, 0) is 19.1 Å². The Labute approximate surface area is 141 Å². The molecule has 0 aliphatic heterocycles. The molecule has 0 aromatic heterocycles. The first-order chi connectivity index (χ1) is 11.1. The summed E-state index contributed by atoms with van der Waals surface area (Å²) < 4.78 is 10.9. The molecule has 1 aliphatic carbocycles. The lowest BCUT2D eigenvalue weighted by Gasteiger charge is -2.37. The maximum Gasteiger partial charge on any atom is 0.312 e. The Morgan fingerprint density at radius 3 is 2.17 bits per heavy atom. The summed E-state index contributed by atoms with van der Waals surface area (Å²) >= 11 is 0. The second kappa shape index (κ2) is 10.7. The Balaban J connectivity index is 2.56. The number of hydrogen-bond acceptors (Lipinski definition) is 4. The minimum absolute atomic E-state index is 0.214. The zero-order valence-corrected chi connectivity index (χ0v) is 15.2. The van der Waals surface area contributed by atoms with Gasteiger partial charge in [-0.3, -0.25) is 9.59 Å². The fourth-order valence-corrected chi connectivity index (χ4v) is 3.26. The van der Waals surface area contributed by atoms with E-state index in [1.165, 1.54) is 0 Å². The Morgan fingerprint density at radius 1 is 0.957 bits per heavy atom. The van der Waals surface area contributed by atoms with Crippen molar-refractivity contribution < 1.29 is 19.1 Å². The van der Waals surface area contributed by atoms with E-state index in [1.807, 2.05) is 6.92 Å². The quantitative estimate of drug-likeness (QED) is 0.433. The third-order valence-electron chi connectivity index (χ3n) is 4.93. The summed E-state index contributed by atoms with van der Waals surface area (Å²) in [6.45, 7) is 7.04. The average Bonchev–Trinajstić information content (AvgIpc) is 2.55. The average molecular weight is 326 g/mol. The Bertz CT molecular complexity index is 366. The van der Waals surface area contributed by atoms with Crippen LogP contribution in [-0.4, -0.2) is 25.2 Å². The highest BCUT2D eigenvalue weighted by Crippen LogP contribution is 2.42. The fourth-order valence-electron chi connectivity index (χ4n) is 3.26. The van der Waals surface area contributed by atoms with Crippen molar-refractivity contribution in [3.8, 4) is 0 Å². The van der Waals surface area contributed by atoms with Gasteiger partial charge in [0.15, 0.2) is 0 Å². The second-order valence-electron chi connectivity index (χ2n) is 6.93. The van der Waals surface area contributed by atoms with Crippen molar-refractivity contribution in [3.05, 3.63) is 0 Å². The lowest BCUT2D eigenvalue weighted by atomic mass is 9.67. The molecule has 2 atom stereocenters. The number of hydrogen-bond donors (Lipinski definition) is 0. The van der Waals surface area contributed by atoms with Gasteiger partial charge in [0.25, 0.3) is 0 Å². The molecule has 0 spiro atoms. The molecule has 0 aromatic carbocycles. The fraction of sp³-hybridized carbons (Fsp3) is 0.895. The maximum absolute atomic E-state index is 12.5. The first kappa shape index (κ1) is 20.0. The van der Waals surface area contributed by atoms with Crippen LogP contribution in [0.1, 0.15) is 85.0 Å². The molecule has 23 heavy (non-hydrogen) atoms. The van der Waals surface area contributed by atoms with Crippen molar-refractivity contribution in [1.29, 1.82) is 0 Å². The number of unbranched alkanes of at least 4 members (excludes halogenated alkanes) is 4. The van der Waals surface area contributed by atoms with E-state index in [1.54, 1.807) is 0 Å². The number of ether oxygens (including phenoxy) is 2. The van der Waals surface area contributed by atoms with Gasteiger partial charge < -0.3 is 9.47 Å². The lowest BCUT2D eigenvalue weighted by molar-refractivity contribution is -0.172. The minimum Gasteiger partial charge on any atom is -0.465 e. The van der Waals surface area contributed by atoms with E-state index < -0.39 is 5.41 Å². The first-order valence-electron chi connectivity index (χ1n) is 9.40. The Kier molecular flexibility index (Phi) is 9.27.